The van der Waals surface area contributed by atoms with Crippen molar-refractivity contribution in [2.75, 3.05) is 26.7 Å². The van der Waals surface area contributed by atoms with Crippen LogP contribution in [0.25, 0.3) is 0 Å². The van der Waals surface area contributed by atoms with E-state index in [1.54, 1.807) is 0 Å². The summed E-state index contributed by atoms with van der Waals surface area (Å²) in [5.41, 5.74) is 1.43. The molecule has 2 atom stereocenters. The van der Waals surface area contributed by atoms with Crippen molar-refractivity contribution in [2.45, 2.75) is 50.9 Å². The lowest BCUT2D eigenvalue weighted by Gasteiger charge is -2.36. The minimum Gasteiger partial charge on any atom is -0.388 e. The first kappa shape index (κ1) is 16.4. The Bertz CT molecular complexity index is 578. The molecule has 23 heavy (non-hydrogen) atoms. The van der Waals surface area contributed by atoms with Crippen LogP contribution < -0.4 is 5.32 Å². The second-order valence-corrected chi connectivity index (χ2v) is 6.97. The molecular formula is C16H26N4O3. The van der Waals surface area contributed by atoms with Crippen molar-refractivity contribution in [3.05, 3.63) is 17.0 Å². The first-order valence-electron chi connectivity index (χ1n) is 8.30. The molecule has 7 nitrogen and oxygen atoms in total. The van der Waals surface area contributed by atoms with E-state index in [4.69, 9.17) is 4.74 Å². The average molecular weight is 322 g/mol. The van der Waals surface area contributed by atoms with E-state index >= 15 is 0 Å². The van der Waals surface area contributed by atoms with E-state index < -0.39 is 5.60 Å². The quantitative estimate of drug-likeness (QED) is 0.759. The van der Waals surface area contributed by atoms with Gasteiger partial charge in [-0.05, 0) is 33.7 Å². The molecule has 0 aromatic carbocycles. The second kappa shape index (κ2) is 6.22. The predicted octanol–water partition coefficient (Wildman–Crippen LogP) is 0.618. The molecule has 0 spiro atoms. The molecule has 2 aliphatic heterocycles. The van der Waals surface area contributed by atoms with Crippen molar-refractivity contribution < 1.29 is 14.6 Å². The molecule has 3 rings (SSSR count). The van der Waals surface area contributed by atoms with Crippen LogP contribution in [0.2, 0.25) is 0 Å². The highest BCUT2D eigenvalue weighted by Crippen LogP contribution is 2.30. The number of carbonyl (C=O) groups excluding carboxylic acids is 1. The Labute approximate surface area is 136 Å². The molecule has 0 unspecified atom stereocenters. The first-order chi connectivity index (χ1) is 10.9. The van der Waals surface area contributed by atoms with E-state index in [9.17, 15) is 9.90 Å². The van der Waals surface area contributed by atoms with Gasteiger partial charge in [-0.3, -0.25) is 9.89 Å². The van der Waals surface area contributed by atoms with Crippen LogP contribution in [0.1, 0.15) is 54.5 Å². The van der Waals surface area contributed by atoms with Gasteiger partial charge in [-0.1, -0.05) is 0 Å². The fourth-order valence-corrected chi connectivity index (χ4v) is 3.40. The molecule has 0 bridgehead atoms. The molecule has 1 aromatic heterocycles. The number of amides is 1. The van der Waals surface area contributed by atoms with Gasteiger partial charge in [0.1, 0.15) is 0 Å². The SMILES string of the molecule is C[C@@H]1Cc2c(C(=O)NCC3(O)CCN(C)CC3)n[nH]c2[C@H](C)O1. The van der Waals surface area contributed by atoms with Crippen LogP contribution in [0.4, 0.5) is 0 Å². The van der Waals surface area contributed by atoms with E-state index in [-0.39, 0.29) is 24.7 Å². The number of ether oxygens (including phenoxy) is 1. The van der Waals surface area contributed by atoms with Gasteiger partial charge in [0.25, 0.3) is 5.91 Å². The number of piperidine rings is 1. The number of fused-ring (bicyclic) bond motifs is 1. The van der Waals surface area contributed by atoms with E-state index in [0.29, 0.717) is 25.0 Å². The molecule has 0 radical (unpaired) electrons. The Morgan fingerprint density at radius 1 is 1.48 bits per heavy atom. The topological polar surface area (TPSA) is 90.5 Å². The van der Waals surface area contributed by atoms with Gasteiger partial charge in [-0.2, -0.15) is 5.10 Å². The van der Waals surface area contributed by atoms with Gasteiger partial charge >= 0.3 is 0 Å². The van der Waals surface area contributed by atoms with E-state index in [1.165, 1.54) is 0 Å². The van der Waals surface area contributed by atoms with Gasteiger partial charge in [-0.15, -0.1) is 0 Å². The number of nitrogens with zero attached hydrogens (tertiary/aromatic N) is 2. The Balaban J connectivity index is 1.65. The highest BCUT2D eigenvalue weighted by atomic mass is 16.5. The lowest BCUT2D eigenvalue weighted by molar-refractivity contribution is -0.0137. The highest BCUT2D eigenvalue weighted by Gasteiger charge is 2.33. The number of aromatic amines is 1. The lowest BCUT2D eigenvalue weighted by atomic mass is 9.91. The number of likely N-dealkylation sites (tertiary alicyclic amines) is 1. The zero-order valence-corrected chi connectivity index (χ0v) is 14.1. The summed E-state index contributed by atoms with van der Waals surface area (Å²) in [5, 5.41) is 20.5. The zero-order valence-electron chi connectivity index (χ0n) is 14.1. The summed E-state index contributed by atoms with van der Waals surface area (Å²) in [6.07, 6.45) is 2.00. The van der Waals surface area contributed by atoms with Crippen LogP contribution >= 0.6 is 0 Å². The average Bonchev–Trinajstić information content (AvgIpc) is 2.92. The molecule has 1 amide bonds. The predicted molar refractivity (Wildman–Crippen MR) is 85.3 cm³/mol. The summed E-state index contributed by atoms with van der Waals surface area (Å²) in [6.45, 7) is 5.90. The third-order valence-corrected chi connectivity index (χ3v) is 4.94. The van der Waals surface area contributed by atoms with E-state index in [1.807, 2.05) is 20.9 Å². The first-order valence-corrected chi connectivity index (χ1v) is 8.30. The van der Waals surface area contributed by atoms with Crippen molar-refractivity contribution >= 4 is 5.91 Å². The van der Waals surface area contributed by atoms with Crippen molar-refractivity contribution in [1.29, 1.82) is 0 Å². The van der Waals surface area contributed by atoms with Crippen molar-refractivity contribution in [3.8, 4) is 0 Å². The highest BCUT2D eigenvalue weighted by molar-refractivity contribution is 5.94. The Morgan fingerprint density at radius 2 is 2.17 bits per heavy atom. The molecule has 1 aromatic rings. The van der Waals surface area contributed by atoms with Crippen LogP contribution in [-0.4, -0.2) is 64.5 Å². The minimum atomic E-state index is -0.817. The van der Waals surface area contributed by atoms with Gasteiger partial charge in [-0.25, -0.2) is 0 Å². The Morgan fingerprint density at radius 3 is 2.87 bits per heavy atom. The molecule has 1 fully saturated rings. The fourth-order valence-electron chi connectivity index (χ4n) is 3.40. The van der Waals surface area contributed by atoms with Crippen molar-refractivity contribution in [1.82, 2.24) is 20.4 Å². The largest absolute Gasteiger partial charge is 0.388 e. The molecule has 1 saturated heterocycles. The molecule has 0 aliphatic carbocycles. The number of aromatic nitrogens is 2. The number of hydrogen-bond acceptors (Lipinski definition) is 5. The third-order valence-electron chi connectivity index (χ3n) is 4.94. The van der Waals surface area contributed by atoms with Gasteiger partial charge < -0.3 is 20.1 Å². The number of carbonyl (C=O) groups is 1. The van der Waals surface area contributed by atoms with E-state index in [2.05, 4.69) is 20.4 Å². The number of rotatable bonds is 3. The van der Waals surface area contributed by atoms with Gasteiger partial charge in [0.2, 0.25) is 0 Å². The molecule has 0 saturated carbocycles. The zero-order chi connectivity index (χ0) is 16.6. The van der Waals surface area contributed by atoms with Crippen LogP contribution in [0.3, 0.4) is 0 Å². The Kier molecular flexibility index (Phi) is 4.44. The summed E-state index contributed by atoms with van der Waals surface area (Å²) in [6, 6.07) is 0. The standard InChI is InChI=1S/C16H26N4O3/c1-10-8-12-13(11(2)23-10)18-19-14(12)15(21)17-9-16(22)4-6-20(3)7-5-16/h10-11,22H,4-9H2,1-3H3,(H,17,21)(H,18,19)/t10-,11+/m1/s1. The smallest absolute Gasteiger partial charge is 0.272 e. The molecule has 128 valence electrons. The molecule has 2 aliphatic rings. The number of nitrogens with one attached hydrogen (secondary N) is 2. The van der Waals surface area contributed by atoms with Crippen LogP contribution in [0.5, 0.6) is 0 Å². The summed E-state index contributed by atoms with van der Waals surface area (Å²) in [4.78, 5) is 14.7. The van der Waals surface area contributed by atoms with E-state index in [0.717, 1.165) is 24.3 Å². The second-order valence-electron chi connectivity index (χ2n) is 6.97. The van der Waals surface area contributed by atoms with Gasteiger partial charge in [0.05, 0.1) is 23.5 Å². The van der Waals surface area contributed by atoms with Gasteiger partial charge in [0, 0.05) is 31.6 Å². The Hall–Kier alpha value is -1.44. The monoisotopic (exact) mass is 322 g/mol. The number of hydrogen-bond donors (Lipinski definition) is 3. The van der Waals surface area contributed by atoms with Crippen molar-refractivity contribution in [3.63, 3.8) is 0 Å². The third kappa shape index (κ3) is 3.41. The maximum absolute atomic E-state index is 12.5. The summed E-state index contributed by atoms with van der Waals surface area (Å²) < 4.78 is 5.74. The molecular weight excluding hydrogens is 296 g/mol. The molecule has 3 N–H and O–H groups in total. The van der Waals surface area contributed by atoms with Crippen LogP contribution in [0, 0.1) is 0 Å². The summed E-state index contributed by atoms with van der Waals surface area (Å²) >= 11 is 0. The fraction of sp³-hybridized carbons (Fsp3) is 0.750. The van der Waals surface area contributed by atoms with Crippen LogP contribution in [-0.2, 0) is 11.2 Å². The normalized spacial score (nSPS) is 27.5. The maximum atomic E-state index is 12.5. The molecule has 3 heterocycles. The number of aliphatic hydroxyl groups is 1. The summed E-state index contributed by atoms with van der Waals surface area (Å²) in [5.74, 6) is -0.226. The minimum absolute atomic E-state index is 0.0692. The maximum Gasteiger partial charge on any atom is 0.272 e. The van der Waals surface area contributed by atoms with Gasteiger partial charge in [0.15, 0.2) is 5.69 Å². The molecule has 7 heteroatoms. The lowest BCUT2D eigenvalue weighted by Crippen LogP contribution is -2.50. The van der Waals surface area contributed by atoms with Crippen LogP contribution in [0.15, 0.2) is 0 Å². The number of H-pyrrole nitrogens is 1. The summed E-state index contributed by atoms with van der Waals surface area (Å²) in [7, 11) is 2.04. The van der Waals surface area contributed by atoms with Crippen molar-refractivity contribution in [2.24, 2.45) is 0 Å².